The van der Waals surface area contributed by atoms with E-state index in [9.17, 15) is 9.59 Å². The lowest BCUT2D eigenvalue weighted by Gasteiger charge is -2.07. The Morgan fingerprint density at radius 3 is 1.83 bits per heavy atom. The molecule has 118 valence electrons. The Balaban J connectivity index is 1.70. The van der Waals surface area contributed by atoms with Crippen LogP contribution in [0.1, 0.15) is 20.7 Å². The largest absolute Gasteiger partial charge is 0.306 e. The number of anilines is 2. The van der Waals surface area contributed by atoms with Crippen LogP contribution in [-0.2, 0) is 0 Å². The molecule has 3 rings (SSSR count). The van der Waals surface area contributed by atoms with Gasteiger partial charge in [0.2, 0.25) is 5.95 Å². The van der Waals surface area contributed by atoms with Crippen molar-refractivity contribution < 1.29 is 9.59 Å². The van der Waals surface area contributed by atoms with E-state index in [4.69, 9.17) is 0 Å². The minimum Gasteiger partial charge on any atom is -0.306 e. The third-order valence-electron chi connectivity index (χ3n) is 3.01. The van der Waals surface area contributed by atoms with E-state index >= 15 is 0 Å². The molecule has 24 heavy (non-hydrogen) atoms. The Labute approximate surface area is 137 Å². The van der Waals surface area contributed by atoms with Gasteiger partial charge in [0.05, 0.1) is 0 Å². The van der Waals surface area contributed by atoms with Crippen LogP contribution >= 0.6 is 0 Å². The number of nitrogens with one attached hydrogen (secondary N) is 2. The van der Waals surface area contributed by atoms with E-state index in [2.05, 4.69) is 30.6 Å². The second-order valence-electron chi connectivity index (χ2n) is 4.65. The zero-order chi connectivity index (χ0) is 16.8. The molecule has 0 fully saturated rings. The van der Waals surface area contributed by atoms with Crippen molar-refractivity contribution in [2.45, 2.75) is 0 Å². The van der Waals surface area contributed by atoms with Gasteiger partial charge in [-0.25, -0.2) is 4.98 Å². The molecule has 3 aromatic rings. The Bertz CT molecular complexity index is 786. The van der Waals surface area contributed by atoms with Gasteiger partial charge in [-0.05, 0) is 30.3 Å². The highest BCUT2D eigenvalue weighted by Crippen LogP contribution is 2.09. The fourth-order valence-corrected chi connectivity index (χ4v) is 1.86. The summed E-state index contributed by atoms with van der Waals surface area (Å²) in [6, 6.07) is 7.85. The number of hydrogen-bond acceptors (Lipinski definition) is 6. The highest BCUT2D eigenvalue weighted by atomic mass is 16.2. The summed E-state index contributed by atoms with van der Waals surface area (Å²) in [5, 5.41) is 5.19. The molecule has 3 aromatic heterocycles. The number of pyridine rings is 2. The van der Waals surface area contributed by atoms with Gasteiger partial charge < -0.3 is 5.32 Å². The minimum absolute atomic E-state index is 0.0874. The average Bonchev–Trinajstić information content (AvgIpc) is 2.63. The summed E-state index contributed by atoms with van der Waals surface area (Å²) < 4.78 is 0. The number of carbonyl (C=O) groups excluding carboxylic acids is 2. The van der Waals surface area contributed by atoms with Crippen LogP contribution in [-0.4, -0.2) is 31.8 Å². The van der Waals surface area contributed by atoms with Crippen LogP contribution in [0.2, 0.25) is 0 Å². The molecule has 0 aliphatic heterocycles. The topological polar surface area (TPSA) is 110 Å². The SMILES string of the molecule is O=C(Nc1ccnc(NC(=O)c2ccncc2)n1)c1ccncc1. The van der Waals surface area contributed by atoms with Crippen molar-refractivity contribution in [1.29, 1.82) is 0 Å². The first-order chi connectivity index (χ1) is 11.7. The quantitative estimate of drug-likeness (QED) is 0.758. The number of carbonyl (C=O) groups is 2. The van der Waals surface area contributed by atoms with Crippen LogP contribution in [0.4, 0.5) is 11.8 Å². The predicted molar refractivity (Wildman–Crippen MR) is 86.4 cm³/mol. The van der Waals surface area contributed by atoms with Gasteiger partial charge in [-0.2, -0.15) is 4.98 Å². The third kappa shape index (κ3) is 3.74. The highest BCUT2D eigenvalue weighted by Gasteiger charge is 2.10. The fourth-order valence-electron chi connectivity index (χ4n) is 1.86. The summed E-state index contributed by atoms with van der Waals surface area (Å²) in [6.45, 7) is 0. The van der Waals surface area contributed by atoms with Crippen molar-refractivity contribution in [3.63, 3.8) is 0 Å². The molecular weight excluding hydrogens is 308 g/mol. The van der Waals surface area contributed by atoms with Gasteiger partial charge in [-0.3, -0.25) is 24.9 Å². The van der Waals surface area contributed by atoms with E-state index in [1.807, 2.05) is 0 Å². The second-order valence-corrected chi connectivity index (χ2v) is 4.65. The van der Waals surface area contributed by atoms with Crippen LogP contribution in [0.25, 0.3) is 0 Å². The van der Waals surface area contributed by atoms with Crippen molar-refractivity contribution >= 4 is 23.6 Å². The molecule has 0 unspecified atom stereocenters. The molecule has 2 N–H and O–H groups in total. The van der Waals surface area contributed by atoms with Gasteiger partial charge in [0.15, 0.2) is 0 Å². The lowest BCUT2D eigenvalue weighted by atomic mass is 10.2. The summed E-state index contributed by atoms with van der Waals surface area (Å²) >= 11 is 0. The van der Waals surface area contributed by atoms with E-state index in [1.54, 1.807) is 24.3 Å². The maximum absolute atomic E-state index is 12.1. The third-order valence-corrected chi connectivity index (χ3v) is 3.01. The molecule has 3 heterocycles. The van der Waals surface area contributed by atoms with Crippen LogP contribution in [0.5, 0.6) is 0 Å². The van der Waals surface area contributed by atoms with E-state index < -0.39 is 0 Å². The molecule has 0 radical (unpaired) electrons. The van der Waals surface area contributed by atoms with Crippen molar-refractivity contribution in [3.05, 3.63) is 72.4 Å². The predicted octanol–water partition coefficient (Wildman–Crippen LogP) is 1.77. The van der Waals surface area contributed by atoms with Crippen molar-refractivity contribution in [3.8, 4) is 0 Å². The van der Waals surface area contributed by atoms with Crippen LogP contribution in [0.3, 0.4) is 0 Å². The molecule has 8 heteroatoms. The molecule has 2 amide bonds. The summed E-state index contributed by atoms with van der Waals surface area (Å²) in [5.41, 5.74) is 0.880. The van der Waals surface area contributed by atoms with Gasteiger partial charge in [0.25, 0.3) is 11.8 Å². The monoisotopic (exact) mass is 320 g/mol. The maximum atomic E-state index is 12.1. The number of rotatable bonds is 4. The molecular formula is C16H12N6O2. The van der Waals surface area contributed by atoms with Gasteiger partial charge >= 0.3 is 0 Å². The lowest BCUT2D eigenvalue weighted by molar-refractivity contribution is 0.101. The molecule has 0 spiro atoms. The first-order valence-electron chi connectivity index (χ1n) is 6.98. The first kappa shape index (κ1) is 15.2. The standard InChI is InChI=1S/C16H12N6O2/c23-14(11-1-6-17-7-2-11)20-13-5-10-19-16(21-13)22-15(24)12-3-8-18-9-4-12/h1-10H,(H2,19,20,21,22,23,24). The minimum atomic E-state index is -0.366. The van der Waals surface area contributed by atoms with Crippen LogP contribution in [0.15, 0.2) is 61.3 Å². The van der Waals surface area contributed by atoms with Gasteiger partial charge in [-0.15, -0.1) is 0 Å². The maximum Gasteiger partial charge on any atom is 0.258 e. The molecule has 0 saturated heterocycles. The number of nitrogens with zero attached hydrogens (tertiary/aromatic N) is 4. The lowest BCUT2D eigenvalue weighted by Crippen LogP contribution is -2.16. The van der Waals surface area contributed by atoms with Crippen molar-refractivity contribution in [1.82, 2.24) is 19.9 Å². The zero-order valence-corrected chi connectivity index (χ0v) is 12.4. The van der Waals surface area contributed by atoms with Gasteiger partial charge in [0.1, 0.15) is 5.82 Å². The molecule has 0 atom stereocenters. The van der Waals surface area contributed by atoms with Crippen LogP contribution < -0.4 is 10.6 Å². The number of aromatic nitrogens is 4. The van der Waals surface area contributed by atoms with Crippen LogP contribution in [0, 0.1) is 0 Å². The van der Waals surface area contributed by atoms with E-state index in [1.165, 1.54) is 37.1 Å². The molecule has 0 aliphatic rings. The summed E-state index contributed by atoms with van der Waals surface area (Å²) in [4.78, 5) is 39.9. The smallest absolute Gasteiger partial charge is 0.258 e. The summed E-state index contributed by atoms with van der Waals surface area (Å²) in [5.74, 6) is -0.335. The Morgan fingerprint density at radius 2 is 1.25 bits per heavy atom. The molecule has 0 saturated carbocycles. The Morgan fingerprint density at radius 1 is 0.708 bits per heavy atom. The zero-order valence-electron chi connectivity index (χ0n) is 12.4. The van der Waals surface area contributed by atoms with E-state index in [0.29, 0.717) is 11.1 Å². The molecule has 0 aliphatic carbocycles. The Hall–Kier alpha value is -3.68. The summed E-state index contributed by atoms with van der Waals surface area (Å²) in [7, 11) is 0. The molecule has 0 aromatic carbocycles. The van der Waals surface area contributed by atoms with Gasteiger partial charge in [-0.1, -0.05) is 0 Å². The van der Waals surface area contributed by atoms with Gasteiger partial charge in [0, 0.05) is 42.1 Å². The van der Waals surface area contributed by atoms with Crippen molar-refractivity contribution in [2.24, 2.45) is 0 Å². The average molecular weight is 320 g/mol. The number of hydrogen-bond donors (Lipinski definition) is 2. The highest BCUT2D eigenvalue weighted by molar-refractivity contribution is 6.04. The first-order valence-corrected chi connectivity index (χ1v) is 6.98. The number of amides is 2. The Kier molecular flexibility index (Phi) is 4.47. The van der Waals surface area contributed by atoms with E-state index in [-0.39, 0.29) is 23.6 Å². The van der Waals surface area contributed by atoms with E-state index in [0.717, 1.165) is 0 Å². The normalized spacial score (nSPS) is 10.0. The second kappa shape index (κ2) is 7.05. The van der Waals surface area contributed by atoms with Crippen molar-refractivity contribution in [2.75, 3.05) is 10.6 Å². The molecule has 0 bridgehead atoms. The summed E-state index contributed by atoms with van der Waals surface area (Å²) in [6.07, 6.45) is 7.52. The molecule has 8 nitrogen and oxygen atoms in total. The fraction of sp³-hybridized carbons (Fsp3) is 0.